The van der Waals surface area contributed by atoms with Gasteiger partial charge in [-0.3, -0.25) is 9.66 Å². The maximum Gasteiger partial charge on any atom is 0.490 e. The Morgan fingerprint density at radius 3 is 2.43 bits per heavy atom. The molecule has 3 aromatic rings. The number of carbonyl (C=O) groups is 1. The number of alkyl halides is 3. The van der Waals surface area contributed by atoms with Crippen molar-refractivity contribution in [2.75, 3.05) is 12.5 Å². The van der Waals surface area contributed by atoms with Gasteiger partial charge in [-0.1, -0.05) is 17.7 Å². The van der Waals surface area contributed by atoms with E-state index in [0.29, 0.717) is 0 Å². The zero-order chi connectivity index (χ0) is 17.2. The number of aliphatic carboxylic acids is 1. The van der Waals surface area contributed by atoms with Crippen LogP contribution in [0.2, 0.25) is 5.02 Å². The van der Waals surface area contributed by atoms with Gasteiger partial charge in [0.05, 0.1) is 17.2 Å². The smallest absolute Gasteiger partial charge is 0.475 e. The molecule has 1 aromatic carbocycles. The second kappa shape index (κ2) is 6.33. The number of aromatic nitrogens is 2. The van der Waals surface area contributed by atoms with Crippen molar-refractivity contribution in [2.24, 2.45) is 0 Å². The van der Waals surface area contributed by atoms with Gasteiger partial charge >= 0.3 is 12.1 Å². The molecule has 2 aromatic heterocycles. The first-order valence-electron chi connectivity index (χ1n) is 6.27. The number of pyridine rings is 1. The second-order valence-corrected chi connectivity index (χ2v) is 4.85. The minimum Gasteiger partial charge on any atom is -0.475 e. The van der Waals surface area contributed by atoms with Gasteiger partial charge in [0, 0.05) is 29.0 Å². The van der Waals surface area contributed by atoms with Gasteiger partial charge in [-0.2, -0.15) is 13.2 Å². The highest BCUT2D eigenvalue weighted by molar-refractivity contribution is 6.31. The van der Waals surface area contributed by atoms with Crippen molar-refractivity contribution in [1.82, 2.24) is 9.66 Å². The summed E-state index contributed by atoms with van der Waals surface area (Å²) in [6.45, 7) is 0. The van der Waals surface area contributed by atoms with Crippen molar-refractivity contribution in [3.63, 3.8) is 0 Å². The standard InChI is InChI=1S/C12H10ClN3.C2HF3O2/c1-14-16-11-6-8(13)2-3-9(11)10-4-5-15-7-12(10)16;3-2(4,5)1(6)7/h2-7,14H,1H3;(H,6,7). The Morgan fingerprint density at radius 1 is 1.26 bits per heavy atom. The van der Waals surface area contributed by atoms with Gasteiger partial charge in [0.1, 0.15) is 0 Å². The van der Waals surface area contributed by atoms with Gasteiger partial charge in [0.2, 0.25) is 0 Å². The Labute approximate surface area is 133 Å². The number of fused-ring (bicyclic) bond motifs is 3. The molecule has 0 aliphatic carbocycles. The molecule has 0 amide bonds. The van der Waals surface area contributed by atoms with Gasteiger partial charge in [-0.25, -0.2) is 4.79 Å². The highest BCUT2D eigenvalue weighted by Crippen LogP contribution is 2.29. The highest BCUT2D eigenvalue weighted by Gasteiger charge is 2.38. The molecular weight excluding hydrogens is 335 g/mol. The van der Waals surface area contributed by atoms with Crippen molar-refractivity contribution in [1.29, 1.82) is 0 Å². The van der Waals surface area contributed by atoms with Crippen LogP contribution >= 0.6 is 11.6 Å². The van der Waals surface area contributed by atoms with Crippen LogP contribution in [0.25, 0.3) is 21.8 Å². The van der Waals surface area contributed by atoms with E-state index in [4.69, 9.17) is 21.5 Å². The molecule has 0 saturated carbocycles. The molecule has 0 saturated heterocycles. The molecule has 0 unspecified atom stereocenters. The van der Waals surface area contributed by atoms with Crippen molar-refractivity contribution in [2.45, 2.75) is 6.18 Å². The molecular formula is C14H11ClF3N3O2. The number of hydrogen-bond acceptors (Lipinski definition) is 3. The normalized spacial score (nSPS) is 11.2. The zero-order valence-corrected chi connectivity index (χ0v) is 12.5. The molecule has 0 fully saturated rings. The predicted octanol–water partition coefficient (Wildman–Crippen LogP) is 3.65. The first-order valence-corrected chi connectivity index (χ1v) is 6.65. The first kappa shape index (κ1) is 16.9. The average Bonchev–Trinajstić information content (AvgIpc) is 2.79. The van der Waals surface area contributed by atoms with Crippen LogP contribution in [0.3, 0.4) is 0 Å². The molecule has 122 valence electrons. The van der Waals surface area contributed by atoms with E-state index in [9.17, 15) is 13.2 Å². The maximum atomic E-state index is 10.6. The summed E-state index contributed by atoms with van der Waals surface area (Å²) < 4.78 is 33.7. The second-order valence-electron chi connectivity index (χ2n) is 4.42. The van der Waals surface area contributed by atoms with E-state index in [2.05, 4.69) is 10.4 Å². The quantitative estimate of drug-likeness (QED) is 0.706. The maximum absolute atomic E-state index is 10.6. The van der Waals surface area contributed by atoms with E-state index in [0.717, 1.165) is 16.1 Å². The van der Waals surface area contributed by atoms with E-state index < -0.39 is 12.1 Å². The van der Waals surface area contributed by atoms with Crippen LogP contribution in [0.1, 0.15) is 0 Å². The van der Waals surface area contributed by atoms with Gasteiger partial charge in [-0.05, 0) is 18.2 Å². The van der Waals surface area contributed by atoms with Crippen LogP contribution in [-0.2, 0) is 4.79 Å². The van der Waals surface area contributed by atoms with E-state index >= 15 is 0 Å². The molecule has 3 rings (SSSR count). The molecule has 0 atom stereocenters. The fraction of sp³-hybridized carbons (Fsp3) is 0.143. The Morgan fingerprint density at radius 2 is 1.87 bits per heavy atom. The number of nitrogens with one attached hydrogen (secondary N) is 1. The van der Waals surface area contributed by atoms with Crippen LogP contribution in [-0.4, -0.2) is 34.0 Å². The fourth-order valence-corrected chi connectivity index (χ4v) is 2.25. The summed E-state index contributed by atoms with van der Waals surface area (Å²) >= 11 is 6.02. The summed E-state index contributed by atoms with van der Waals surface area (Å²) in [5.74, 6) is -2.76. The van der Waals surface area contributed by atoms with Gasteiger partial charge < -0.3 is 10.5 Å². The number of benzene rings is 1. The van der Waals surface area contributed by atoms with Crippen LogP contribution in [0.15, 0.2) is 36.7 Å². The summed E-state index contributed by atoms with van der Waals surface area (Å²) in [6.07, 6.45) is -1.43. The third-order valence-electron chi connectivity index (χ3n) is 3.00. The van der Waals surface area contributed by atoms with Gasteiger partial charge in [0.25, 0.3) is 0 Å². The molecule has 0 aliphatic rings. The molecule has 0 radical (unpaired) electrons. The van der Waals surface area contributed by atoms with Crippen LogP contribution in [0, 0.1) is 0 Å². The lowest BCUT2D eigenvalue weighted by molar-refractivity contribution is -0.192. The lowest BCUT2D eigenvalue weighted by atomic mass is 10.2. The molecule has 5 nitrogen and oxygen atoms in total. The third kappa shape index (κ3) is 3.48. The van der Waals surface area contributed by atoms with Gasteiger partial charge in [0.15, 0.2) is 0 Å². The molecule has 2 N–H and O–H groups in total. The number of hydrogen-bond donors (Lipinski definition) is 2. The molecule has 0 bridgehead atoms. The number of nitrogens with zero attached hydrogens (tertiary/aromatic N) is 2. The monoisotopic (exact) mass is 345 g/mol. The molecule has 0 aliphatic heterocycles. The summed E-state index contributed by atoms with van der Waals surface area (Å²) in [7, 11) is 1.88. The van der Waals surface area contributed by atoms with Crippen LogP contribution in [0.5, 0.6) is 0 Å². The average molecular weight is 346 g/mol. The number of carboxylic acid groups (broad SMARTS) is 1. The lowest BCUT2D eigenvalue weighted by Gasteiger charge is -2.04. The van der Waals surface area contributed by atoms with E-state index in [1.165, 1.54) is 10.8 Å². The summed E-state index contributed by atoms with van der Waals surface area (Å²) in [5, 5.41) is 10.2. The van der Waals surface area contributed by atoms with Gasteiger partial charge in [-0.15, -0.1) is 0 Å². The lowest BCUT2D eigenvalue weighted by Crippen LogP contribution is -2.21. The van der Waals surface area contributed by atoms with Crippen molar-refractivity contribution in [3.8, 4) is 0 Å². The highest BCUT2D eigenvalue weighted by atomic mass is 35.5. The predicted molar refractivity (Wildman–Crippen MR) is 81.2 cm³/mol. The largest absolute Gasteiger partial charge is 0.490 e. The van der Waals surface area contributed by atoms with Crippen LogP contribution in [0.4, 0.5) is 13.2 Å². The minimum absolute atomic E-state index is 0.736. The molecule has 0 spiro atoms. The third-order valence-corrected chi connectivity index (χ3v) is 3.23. The Balaban J connectivity index is 0.000000236. The molecule has 23 heavy (non-hydrogen) atoms. The topological polar surface area (TPSA) is 67.2 Å². The summed E-state index contributed by atoms with van der Waals surface area (Å²) in [5.41, 5.74) is 5.26. The Bertz CT molecular complexity index is 861. The van der Waals surface area contributed by atoms with Crippen molar-refractivity contribution in [3.05, 3.63) is 41.7 Å². The summed E-state index contributed by atoms with van der Waals surface area (Å²) in [6, 6.07) is 7.91. The molecule has 2 heterocycles. The fourth-order valence-electron chi connectivity index (χ4n) is 2.08. The summed E-state index contributed by atoms with van der Waals surface area (Å²) in [4.78, 5) is 13.0. The Hall–Kier alpha value is -2.48. The van der Waals surface area contributed by atoms with E-state index in [1.54, 1.807) is 6.20 Å². The first-order chi connectivity index (χ1) is 10.8. The Kier molecular flexibility index (Phi) is 4.65. The van der Waals surface area contributed by atoms with Crippen LogP contribution < -0.4 is 5.43 Å². The minimum atomic E-state index is -5.08. The molecule has 9 heteroatoms. The van der Waals surface area contributed by atoms with Crippen molar-refractivity contribution < 1.29 is 23.1 Å². The van der Waals surface area contributed by atoms with E-state index in [1.807, 2.05) is 42.2 Å². The zero-order valence-electron chi connectivity index (χ0n) is 11.7. The number of halogens is 4. The van der Waals surface area contributed by atoms with E-state index in [-0.39, 0.29) is 0 Å². The van der Waals surface area contributed by atoms with Crippen molar-refractivity contribution >= 4 is 39.4 Å². The SMILES string of the molecule is CNn1c2cnccc2c2ccc(Cl)cc21.O=C(O)C(F)(F)F. The number of rotatable bonds is 1. The number of carboxylic acids is 1.